The van der Waals surface area contributed by atoms with E-state index in [-0.39, 0.29) is 35.2 Å². The Hall–Kier alpha value is -4.29. The number of anilines is 1. The van der Waals surface area contributed by atoms with Crippen LogP contribution in [-0.2, 0) is 20.8 Å². The Labute approximate surface area is 222 Å². The van der Waals surface area contributed by atoms with Crippen molar-refractivity contribution in [1.82, 2.24) is 4.90 Å². The van der Waals surface area contributed by atoms with Crippen LogP contribution in [0.5, 0.6) is 5.75 Å². The van der Waals surface area contributed by atoms with Crippen LogP contribution in [-0.4, -0.2) is 75.6 Å². The number of phenols is 1. The molecular formula is C27H29N3O9. The van der Waals surface area contributed by atoms with E-state index in [1.165, 1.54) is 31.0 Å². The summed E-state index contributed by atoms with van der Waals surface area (Å²) in [4.78, 5) is 64.5. The monoisotopic (exact) mass is 539 g/mol. The Bertz CT molecular complexity index is 1580. The lowest BCUT2D eigenvalue weighted by Crippen LogP contribution is -2.50. The van der Waals surface area contributed by atoms with Gasteiger partial charge in [0.1, 0.15) is 22.8 Å². The number of likely N-dealkylation sites (N-methyl/N-ethyl adjacent to an activating group) is 1. The van der Waals surface area contributed by atoms with Crippen LogP contribution >= 0.6 is 0 Å². The van der Waals surface area contributed by atoms with E-state index in [9.17, 15) is 44.4 Å². The second kappa shape index (κ2) is 9.47. The molecule has 0 heterocycles. The maximum absolute atomic E-state index is 13.7. The van der Waals surface area contributed by atoms with Crippen molar-refractivity contribution >= 4 is 28.9 Å². The zero-order valence-corrected chi connectivity index (χ0v) is 21.8. The van der Waals surface area contributed by atoms with E-state index in [1.807, 2.05) is 0 Å². The van der Waals surface area contributed by atoms with Crippen molar-refractivity contribution in [3.05, 3.63) is 60.6 Å². The molecule has 2 aromatic rings. The predicted molar refractivity (Wildman–Crippen MR) is 141 cm³/mol. The van der Waals surface area contributed by atoms with Gasteiger partial charge in [0, 0.05) is 12.6 Å². The minimum Gasteiger partial charge on any atom is -0.508 e. The quantitative estimate of drug-likeness (QED) is 0.0910. The fraction of sp³-hybridized carbons (Fsp3) is 0.370. The second-order valence-electron chi connectivity index (χ2n) is 10.1. The lowest BCUT2D eigenvalue weighted by molar-refractivity contribution is -0.136. The third kappa shape index (κ3) is 3.94. The minimum atomic E-state index is -2.74. The van der Waals surface area contributed by atoms with Gasteiger partial charge in [-0.3, -0.25) is 28.9 Å². The number of phenolic OH excluding ortho intramolecular Hbond substituents is 1. The molecule has 12 heteroatoms. The van der Waals surface area contributed by atoms with Crippen molar-refractivity contribution in [1.29, 1.82) is 0 Å². The average molecular weight is 540 g/mol. The first-order valence-electron chi connectivity index (χ1n) is 12.2. The standard InChI is InChI=1S/C27H29N3O9/c1-10(30(3)4)20(32)18(26(28)38)25(37)27(39)8-7-11-9-13-12(17-19(29-2)23(35)22(17)34)5-6-14(31)16(13)21(33)15(11)24(27)36/h5-6,10-11,29,31,33,37,39H,7-9H2,1-4H3,(H2,28,38)/t10-,11+,27-/m0/s1. The Morgan fingerprint density at radius 2 is 1.77 bits per heavy atom. The third-order valence-electron chi connectivity index (χ3n) is 7.82. The van der Waals surface area contributed by atoms with Crippen LogP contribution in [0.15, 0.2) is 38.6 Å². The van der Waals surface area contributed by atoms with Crippen LogP contribution in [0.1, 0.15) is 30.9 Å². The van der Waals surface area contributed by atoms with Gasteiger partial charge >= 0.3 is 0 Å². The molecule has 0 aliphatic heterocycles. The molecule has 39 heavy (non-hydrogen) atoms. The number of fused-ring (bicyclic) bond motifs is 2. The molecule has 0 radical (unpaired) electrons. The molecule has 0 bridgehead atoms. The number of rotatable bonds is 7. The fourth-order valence-corrected chi connectivity index (χ4v) is 5.40. The molecule has 0 spiro atoms. The number of carbonyl (C=O) groups is 3. The molecule has 7 N–H and O–H groups in total. The highest BCUT2D eigenvalue weighted by Gasteiger charge is 2.53. The van der Waals surface area contributed by atoms with Crippen molar-refractivity contribution in [2.24, 2.45) is 11.7 Å². The van der Waals surface area contributed by atoms with Gasteiger partial charge < -0.3 is 31.5 Å². The van der Waals surface area contributed by atoms with Gasteiger partial charge in [0.25, 0.3) is 5.91 Å². The first-order valence-corrected chi connectivity index (χ1v) is 12.2. The Morgan fingerprint density at radius 3 is 2.33 bits per heavy atom. The van der Waals surface area contributed by atoms with Gasteiger partial charge in [0.05, 0.1) is 22.9 Å². The molecule has 4 rings (SSSR count). The zero-order chi connectivity index (χ0) is 29.1. The molecule has 206 valence electrons. The van der Waals surface area contributed by atoms with Gasteiger partial charge in [-0.25, -0.2) is 0 Å². The number of nitrogens with zero attached hydrogens (tertiary/aromatic N) is 1. The minimum absolute atomic E-state index is 0.00844. The molecule has 0 saturated heterocycles. The van der Waals surface area contributed by atoms with E-state index in [2.05, 4.69) is 5.32 Å². The summed E-state index contributed by atoms with van der Waals surface area (Å²) >= 11 is 0. The number of carbonyl (C=O) groups excluding carboxylic acids is 3. The van der Waals surface area contributed by atoms with Crippen LogP contribution in [0.25, 0.3) is 16.9 Å². The number of hydrogen-bond acceptors (Lipinski definition) is 11. The summed E-state index contributed by atoms with van der Waals surface area (Å²) in [5, 5.41) is 46.8. The van der Waals surface area contributed by atoms with Crippen molar-refractivity contribution in [3.63, 3.8) is 0 Å². The third-order valence-corrected chi connectivity index (χ3v) is 7.82. The lowest BCUT2D eigenvalue weighted by Gasteiger charge is -2.39. The molecule has 3 atom stereocenters. The maximum atomic E-state index is 13.7. The van der Waals surface area contributed by atoms with Gasteiger partial charge in [0.15, 0.2) is 11.4 Å². The number of aromatic hydroxyl groups is 1. The second-order valence-corrected chi connectivity index (χ2v) is 10.1. The number of ketones is 2. The number of Topliss-reactive ketones (excluding diaryl/α,β-unsaturated/α-hetero) is 2. The van der Waals surface area contributed by atoms with Crippen molar-refractivity contribution in [2.75, 3.05) is 26.5 Å². The van der Waals surface area contributed by atoms with E-state index < -0.39 is 75.2 Å². The number of aliphatic hydroxyl groups excluding tert-OH is 2. The number of primary amides is 1. The molecular weight excluding hydrogens is 510 g/mol. The first kappa shape index (κ1) is 27.7. The van der Waals surface area contributed by atoms with Crippen molar-refractivity contribution in [2.45, 2.75) is 37.8 Å². The van der Waals surface area contributed by atoms with Crippen LogP contribution in [0.3, 0.4) is 0 Å². The Balaban J connectivity index is 1.89. The number of benzene rings is 1. The van der Waals surface area contributed by atoms with Gasteiger partial charge in [-0.05, 0) is 63.4 Å². The summed E-state index contributed by atoms with van der Waals surface area (Å²) in [5.74, 6) is -6.42. The largest absolute Gasteiger partial charge is 0.508 e. The molecule has 1 saturated carbocycles. The maximum Gasteiger partial charge on any atom is 0.255 e. The molecule has 0 aromatic heterocycles. The summed E-state index contributed by atoms with van der Waals surface area (Å²) in [6.07, 6.45) is -0.356. The van der Waals surface area contributed by atoms with E-state index in [0.717, 1.165) is 0 Å². The molecule has 2 aliphatic rings. The first-order chi connectivity index (χ1) is 18.2. The van der Waals surface area contributed by atoms with E-state index in [4.69, 9.17) is 5.73 Å². The highest BCUT2D eigenvalue weighted by molar-refractivity contribution is 6.22. The summed E-state index contributed by atoms with van der Waals surface area (Å²) in [5.41, 5.74) is 0.593. The van der Waals surface area contributed by atoms with Crippen LogP contribution in [0.4, 0.5) is 5.69 Å². The molecule has 12 nitrogen and oxygen atoms in total. The highest BCUT2D eigenvalue weighted by atomic mass is 16.3. The van der Waals surface area contributed by atoms with E-state index in [1.54, 1.807) is 14.1 Å². The topological polar surface area (TPSA) is 208 Å². The Morgan fingerprint density at radius 1 is 1.13 bits per heavy atom. The smallest absolute Gasteiger partial charge is 0.255 e. The molecule has 1 fully saturated rings. The van der Waals surface area contributed by atoms with Crippen LogP contribution in [0, 0.1) is 5.92 Å². The van der Waals surface area contributed by atoms with Crippen LogP contribution in [0.2, 0.25) is 0 Å². The summed E-state index contributed by atoms with van der Waals surface area (Å²) in [7, 11) is 4.58. The number of amides is 1. The Kier molecular flexibility index (Phi) is 6.74. The lowest BCUT2D eigenvalue weighted by atomic mass is 9.66. The van der Waals surface area contributed by atoms with Gasteiger partial charge in [0.2, 0.25) is 16.6 Å². The highest BCUT2D eigenvalue weighted by Crippen LogP contribution is 2.49. The number of nitrogens with one attached hydrogen (secondary N) is 1. The fourth-order valence-electron chi connectivity index (χ4n) is 5.40. The van der Waals surface area contributed by atoms with Crippen LogP contribution < -0.4 is 21.9 Å². The van der Waals surface area contributed by atoms with E-state index >= 15 is 0 Å². The zero-order valence-electron chi connectivity index (χ0n) is 21.8. The number of aliphatic hydroxyl groups is 3. The van der Waals surface area contributed by atoms with Crippen molar-refractivity contribution in [3.8, 4) is 16.9 Å². The normalized spacial score (nSPS) is 22.3. The number of nitrogens with two attached hydrogens (primary N) is 1. The van der Waals surface area contributed by atoms with Crippen molar-refractivity contribution < 1.29 is 34.8 Å². The summed E-state index contributed by atoms with van der Waals surface area (Å²) < 4.78 is 0. The van der Waals surface area contributed by atoms with E-state index in [0.29, 0.717) is 11.1 Å². The molecule has 2 aliphatic carbocycles. The van der Waals surface area contributed by atoms with Gasteiger partial charge in [-0.1, -0.05) is 6.07 Å². The average Bonchev–Trinajstić information content (AvgIpc) is 2.88. The summed E-state index contributed by atoms with van der Waals surface area (Å²) in [6, 6.07) is 1.72. The predicted octanol–water partition coefficient (Wildman–Crippen LogP) is 0.0489. The molecule has 1 amide bonds. The van der Waals surface area contributed by atoms with Gasteiger partial charge in [-0.2, -0.15) is 0 Å². The van der Waals surface area contributed by atoms with Gasteiger partial charge in [-0.15, -0.1) is 0 Å². The SMILES string of the molecule is CNc1c(-c2ccc(O)c3c2C[C@H]2CC[C@@](O)(C(O)=C(C(N)=O)C(=O)[C@H](C)N(C)C)C(=O)C2=C3O)c(=O)c1=O. The molecule has 2 aromatic carbocycles. The number of hydrogen-bond donors (Lipinski definition) is 6. The molecule has 0 unspecified atom stereocenters. The summed E-state index contributed by atoms with van der Waals surface area (Å²) in [6.45, 7) is 1.45.